The highest BCUT2D eigenvalue weighted by Gasteiger charge is 1.96. The summed E-state index contributed by atoms with van der Waals surface area (Å²) in [5.74, 6) is 7.02. The Bertz CT molecular complexity index is 566. The maximum Gasteiger partial charge on any atom is 0.136 e. The third-order valence-corrected chi connectivity index (χ3v) is 3.17. The van der Waals surface area contributed by atoms with Crippen molar-refractivity contribution in [3.05, 3.63) is 53.3 Å². The monoisotopic (exact) mass is 294 g/mol. The van der Waals surface area contributed by atoms with Crippen LogP contribution in [0.1, 0.15) is 50.1 Å². The fraction of sp³-hybridized carbons (Fsp3) is 0.368. The predicted molar refractivity (Wildman–Crippen MR) is 88.9 cm³/mol. The number of unbranched alkanes of at least 4 members (excludes halogenated alkanes) is 1. The first kappa shape index (κ1) is 16.0. The van der Waals surface area contributed by atoms with Gasteiger partial charge in [-0.1, -0.05) is 26.2 Å². The van der Waals surface area contributed by atoms with Crippen molar-refractivity contribution < 1.29 is 4.74 Å². The van der Waals surface area contributed by atoms with Crippen molar-refractivity contribution in [1.29, 1.82) is 0 Å². The van der Waals surface area contributed by atoms with Crippen molar-refractivity contribution in [2.45, 2.75) is 39.5 Å². The van der Waals surface area contributed by atoms with E-state index in [0.717, 1.165) is 42.9 Å². The van der Waals surface area contributed by atoms with Crippen LogP contribution in [0.4, 0.5) is 0 Å². The topological polar surface area (TPSA) is 35.0 Å². The Labute approximate surface area is 132 Å². The molecule has 3 heteroatoms. The van der Waals surface area contributed by atoms with E-state index in [1.165, 1.54) is 6.42 Å². The van der Waals surface area contributed by atoms with Gasteiger partial charge in [-0.05, 0) is 61.6 Å². The Morgan fingerprint density at radius 1 is 0.909 bits per heavy atom. The van der Waals surface area contributed by atoms with Gasteiger partial charge in [0.2, 0.25) is 0 Å². The largest absolute Gasteiger partial charge is 0.494 e. The number of hydrogen-bond donors (Lipinski definition) is 0. The predicted octanol–water partition coefficient (Wildman–Crippen LogP) is 4.01. The lowest BCUT2D eigenvalue weighted by Gasteiger charge is -2.03. The molecule has 0 N–H and O–H groups in total. The number of rotatable bonds is 6. The van der Waals surface area contributed by atoms with E-state index in [4.69, 9.17) is 4.74 Å². The molecule has 0 saturated carbocycles. The summed E-state index contributed by atoms with van der Waals surface area (Å²) < 4.78 is 5.55. The van der Waals surface area contributed by atoms with E-state index >= 15 is 0 Å². The van der Waals surface area contributed by atoms with Crippen LogP contribution in [0.2, 0.25) is 0 Å². The van der Waals surface area contributed by atoms with Crippen molar-refractivity contribution in [2.75, 3.05) is 6.61 Å². The molecule has 0 radical (unpaired) electrons. The summed E-state index contributed by atoms with van der Waals surface area (Å²) >= 11 is 0. The molecule has 0 aliphatic rings. The minimum Gasteiger partial charge on any atom is -0.494 e. The van der Waals surface area contributed by atoms with Gasteiger partial charge in [-0.15, -0.1) is 5.10 Å². The molecule has 0 saturated heterocycles. The molecule has 0 unspecified atom stereocenters. The molecular weight excluding hydrogens is 272 g/mol. The van der Waals surface area contributed by atoms with Gasteiger partial charge in [0, 0.05) is 5.56 Å². The molecule has 0 atom stereocenters. The van der Waals surface area contributed by atoms with Gasteiger partial charge in [0.1, 0.15) is 11.4 Å². The van der Waals surface area contributed by atoms with Crippen molar-refractivity contribution in [2.24, 2.45) is 0 Å². The van der Waals surface area contributed by atoms with Gasteiger partial charge >= 0.3 is 0 Å². The standard InChI is InChI=1S/C19H22N2O/c1-3-5-6-17-11-12-18(21-20-17)10-7-16-8-13-19(14-9-16)22-15-4-2/h8-9,11-14H,3-6,15H2,1-2H3. The SMILES string of the molecule is CCCCc1ccc(C#Cc2ccc(OCCC)cc2)nn1. The van der Waals surface area contributed by atoms with E-state index in [9.17, 15) is 0 Å². The summed E-state index contributed by atoms with van der Waals surface area (Å²) in [4.78, 5) is 0. The molecule has 22 heavy (non-hydrogen) atoms. The number of aryl methyl sites for hydroxylation is 1. The highest BCUT2D eigenvalue weighted by Crippen LogP contribution is 2.11. The van der Waals surface area contributed by atoms with Crippen LogP contribution >= 0.6 is 0 Å². The number of benzene rings is 1. The Balaban J connectivity index is 1.97. The molecule has 1 aromatic heterocycles. The van der Waals surface area contributed by atoms with Crippen molar-refractivity contribution >= 4 is 0 Å². The Kier molecular flexibility index (Phi) is 6.44. The molecule has 3 nitrogen and oxygen atoms in total. The second kappa shape index (κ2) is 8.84. The molecule has 114 valence electrons. The minimum absolute atomic E-state index is 0.701. The van der Waals surface area contributed by atoms with Crippen LogP contribution in [0.3, 0.4) is 0 Å². The van der Waals surface area contributed by atoms with Crippen LogP contribution in [0.5, 0.6) is 5.75 Å². The molecular formula is C19H22N2O. The van der Waals surface area contributed by atoms with Gasteiger partial charge in [0.05, 0.1) is 12.3 Å². The number of hydrogen-bond acceptors (Lipinski definition) is 3. The van der Waals surface area contributed by atoms with Gasteiger partial charge in [0.25, 0.3) is 0 Å². The number of aromatic nitrogens is 2. The molecule has 0 fully saturated rings. The molecule has 0 amide bonds. The van der Waals surface area contributed by atoms with Crippen LogP contribution in [0, 0.1) is 11.8 Å². The summed E-state index contributed by atoms with van der Waals surface area (Å²) in [6.07, 6.45) is 4.30. The van der Waals surface area contributed by atoms with Crippen molar-refractivity contribution in [3.63, 3.8) is 0 Å². The summed E-state index contributed by atoms with van der Waals surface area (Å²) in [7, 11) is 0. The minimum atomic E-state index is 0.701. The summed E-state index contributed by atoms with van der Waals surface area (Å²) in [5, 5.41) is 8.36. The van der Waals surface area contributed by atoms with E-state index in [1.54, 1.807) is 0 Å². The van der Waals surface area contributed by atoms with Crippen molar-refractivity contribution in [3.8, 4) is 17.6 Å². The van der Waals surface area contributed by atoms with E-state index in [2.05, 4.69) is 35.9 Å². The van der Waals surface area contributed by atoms with Crippen LogP contribution in [0.15, 0.2) is 36.4 Å². The lowest BCUT2D eigenvalue weighted by molar-refractivity contribution is 0.317. The zero-order valence-corrected chi connectivity index (χ0v) is 13.3. The van der Waals surface area contributed by atoms with Gasteiger partial charge in [0.15, 0.2) is 0 Å². The Morgan fingerprint density at radius 2 is 1.73 bits per heavy atom. The molecule has 0 aliphatic carbocycles. The molecule has 2 aromatic rings. The second-order valence-electron chi connectivity index (χ2n) is 5.14. The Hall–Kier alpha value is -2.34. The summed E-state index contributed by atoms with van der Waals surface area (Å²) in [6.45, 7) is 5.01. The molecule has 0 aliphatic heterocycles. The van der Waals surface area contributed by atoms with E-state index < -0.39 is 0 Å². The van der Waals surface area contributed by atoms with Gasteiger partial charge < -0.3 is 4.74 Å². The molecule has 1 heterocycles. The Morgan fingerprint density at radius 3 is 2.36 bits per heavy atom. The quantitative estimate of drug-likeness (QED) is 0.755. The number of nitrogens with zero attached hydrogens (tertiary/aromatic N) is 2. The average Bonchev–Trinajstić information content (AvgIpc) is 2.58. The maximum atomic E-state index is 5.55. The van der Waals surface area contributed by atoms with Crippen molar-refractivity contribution in [1.82, 2.24) is 10.2 Å². The van der Waals surface area contributed by atoms with E-state index in [-0.39, 0.29) is 0 Å². The highest BCUT2D eigenvalue weighted by atomic mass is 16.5. The summed E-state index contributed by atoms with van der Waals surface area (Å²) in [6, 6.07) is 11.7. The lowest BCUT2D eigenvalue weighted by Crippen LogP contribution is -1.95. The summed E-state index contributed by atoms with van der Waals surface area (Å²) in [5.41, 5.74) is 2.68. The number of ether oxygens (including phenoxy) is 1. The molecule has 0 spiro atoms. The second-order valence-corrected chi connectivity index (χ2v) is 5.14. The zero-order chi connectivity index (χ0) is 15.6. The fourth-order valence-electron chi connectivity index (χ4n) is 1.91. The first-order valence-electron chi connectivity index (χ1n) is 7.89. The van der Waals surface area contributed by atoms with Crippen LogP contribution in [-0.2, 0) is 6.42 Å². The zero-order valence-electron chi connectivity index (χ0n) is 13.3. The van der Waals surface area contributed by atoms with Gasteiger partial charge in [-0.3, -0.25) is 0 Å². The molecule has 0 bridgehead atoms. The molecule has 2 rings (SSSR count). The maximum absolute atomic E-state index is 5.55. The smallest absolute Gasteiger partial charge is 0.136 e. The average molecular weight is 294 g/mol. The molecule has 1 aromatic carbocycles. The first-order valence-corrected chi connectivity index (χ1v) is 7.89. The van der Waals surface area contributed by atoms with Crippen LogP contribution < -0.4 is 4.74 Å². The van der Waals surface area contributed by atoms with E-state index in [0.29, 0.717) is 5.69 Å². The fourth-order valence-corrected chi connectivity index (χ4v) is 1.91. The van der Waals surface area contributed by atoms with Crippen LogP contribution in [0.25, 0.3) is 0 Å². The van der Waals surface area contributed by atoms with Crippen LogP contribution in [-0.4, -0.2) is 16.8 Å². The van der Waals surface area contributed by atoms with E-state index in [1.807, 2.05) is 36.4 Å². The van der Waals surface area contributed by atoms with Gasteiger partial charge in [-0.2, -0.15) is 5.10 Å². The normalized spacial score (nSPS) is 9.91. The highest BCUT2D eigenvalue weighted by molar-refractivity contribution is 5.42. The third kappa shape index (κ3) is 5.21. The first-order chi connectivity index (χ1) is 10.8. The third-order valence-electron chi connectivity index (χ3n) is 3.17. The van der Waals surface area contributed by atoms with Gasteiger partial charge in [-0.25, -0.2) is 0 Å². The lowest BCUT2D eigenvalue weighted by atomic mass is 10.2.